The number of likely N-dealkylation sites (tertiary alicyclic amines) is 2. The van der Waals surface area contributed by atoms with Gasteiger partial charge in [-0.25, -0.2) is 0 Å². The number of nitrogens with zero attached hydrogens (tertiary/aromatic N) is 3. The molecule has 1 atom stereocenters. The molecule has 0 bridgehead atoms. The molecule has 3 rings (SSSR count). The summed E-state index contributed by atoms with van der Waals surface area (Å²) in [7, 11) is 0. The van der Waals surface area contributed by atoms with E-state index in [0.29, 0.717) is 18.5 Å². The minimum absolute atomic E-state index is 0.235. The summed E-state index contributed by atoms with van der Waals surface area (Å²) in [5, 5.41) is 0. The summed E-state index contributed by atoms with van der Waals surface area (Å²) in [5.74, 6) is 0.235. The van der Waals surface area contributed by atoms with Crippen LogP contribution in [0, 0.1) is 0 Å². The first kappa shape index (κ1) is 13.6. The highest BCUT2D eigenvalue weighted by Gasteiger charge is 2.37. The Morgan fingerprint density at radius 1 is 1.40 bits per heavy atom. The number of piperidine rings is 1. The van der Waals surface area contributed by atoms with E-state index in [1.165, 1.54) is 25.8 Å². The summed E-state index contributed by atoms with van der Waals surface area (Å²) < 4.78 is 0. The Morgan fingerprint density at radius 2 is 2.25 bits per heavy atom. The zero-order valence-electron chi connectivity index (χ0n) is 12.2. The molecule has 0 N–H and O–H groups in total. The Morgan fingerprint density at radius 3 is 2.95 bits per heavy atom. The number of pyridine rings is 1. The third kappa shape index (κ3) is 2.85. The number of hydrogen-bond acceptors (Lipinski definition) is 3. The first-order chi connectivity index (χ1) is 9.74. The summed E-state index contributed by atoms with van der Waals surface area (Å²) in [5.41, 5.74) is 1.01. The molecule has 4 nitrogen and oxygen atoms in total. The Hall–Kier alpha value is -1.42. The molecule has 108 valence electrons. The fourth-order valence-corrected chi connectivity index (χ4v) is 3.32. The highest BCUT2D eigenvalue weighted by Crippen LogP contribution is 2.24. The van der Waals surface area contributed by atoms with Crippen LogP contribution in [0.15, 0.2) is 24.5 Å². The van der Waals surface area contributed by atoms with Gasteiger partial charge in [0.25, 0.3) is 0 Å². The van der Waals surface area contributed by atoms with E-state index in [9.17, 15) is 4.79 Å². The van der Waals surface area contributed by atoms with Crippen LogP contribution in [0.5, 0.6) is 0 Å². The predicted molar refractivity (Wildman–Crippen MR) is 78.3 cm³/mol. The molecule has 2 aliphatic rings. The van der Waals surface area contributed by atoms with Crippen molar-refractivity contribution in [1.82, 2.24) is 14.8 Å². The molecule has 1 aromatic rings. The normalized spacial score (nSPS) is 24.4. The Balaban J connectivity index is 1.49. The van der Waals surface area contributed by atoms with Gasteiger partial charge < -0.3 is 4.90 Å². The van der Waals surface area contributed by atoms with E-state index >= 15 is 0 Å². The van der Waals surface area contributed by atoms with Crippen LogP contribution in [0.4, 0.5) is 0 Å². The first-order valence-corrected chi connectivity index (χ1v) is 7.66. The van der Waals surface area contributed by atoms with Crippen molar-refractivity contribution in [3.05, 3.63) is 30.1 Å². The van der Waals surface area contributed by atoms with Gasteiger partial charge in [0.1, 0.15) is 0 Å². The van der Waals surface area contributed by atoms with Gasteiger partial charge in [0.2, 0.25) is 5.91 Å². The SMILES string of the molecule is C[C@@H]1CCCCN1C1CN(C(=O)Cc2cccnc2)C1. The number of carbonyl (C=O) groups is 1. The highest BCUT2D eigenvalue weighted by molar-refractivity contribution is 5.79. The zero-order chi connectivity index (χ0) is 13.9. The van der Waals surface area contributed by atoms with E-state index in [4.69, 9.17) is 0 Å². The van der Waals surface area contributed by atoms with Crippen molar-refractivity contribution in [3.8, 4) is 0 Å². The van der Waals surface area contributed by atoms with Gasteiger partial charge in [0.05, 0.1) is 6.42 Å². The maximum atomic E-state index is 12.2. The second-order valence-electron chi connectivity index (χ2n) is 6.07. The van der Waals surface area contributed by atoms with Crippen molar-refractivity contribution < 1.29 is 4.79 Å². The number of hydrogen-bond donors (Lipinski definition) is 0. The van der Waals surface area contributed by atoms with Crippen molar-refractivity contribution >= 4 is 5.91 Å². The van der Waals surface area contributed by atoms with Crippen LogP contribution in [0.1, 0.15) is 31.7 Å². The molecule has 0 aliphatic carbocycles. The average molecular weight is 273 g/mol. The molecule has 20 heavy (non-hydrogen) atoms. The summed E-state index contributed by atoms with van der Waals surface area (Å²) in [6.07, 6.45) is 7.97. The molecule has 1 amide bonds. The Kier molecular flexibility index (Phi) is 4.01. The van der Waals surface area contributed by atoms with Crippen LogP contribution in [-0.4, -0.2) is 52.4 Å². The van der Waals surface area contributed by atoms with E-state index in [1.54, 1.807) is 12.4 Å². The molecule has 3 heterocycles. The van der Waals surface area contributed by atoms with Crippen molar-refractivity contribution in [2.75, 3.05) is 19.6 Å². The molecular formula is C16H23N3O. The summed E-state index contributed by atoms with van der Waals surface area (Å²) in [4.78, 5) is 20.8. The predicted octanol–water partition coefficient (Wildman–Crippen LogP) is 1.71. The van der Waals surface area contributed by atoms with Gasteiger partial charge >= 0.3 is 0 Å². The fraction of sp³-hybridized carbons (Fsp3) is 0.625. The van der Waals surface area contributed by atoms with Gasteiger partial charge in [-0.15, -0.1) is 0 Å². The molecule has 4 heteroatoms. The lowest BCUT2D eigenvalue weighted by atomic mass is 9.97. The number of amides is 1. The zero-order valence-corrected chi connectivity index (χ0v) is 12.2. The summed E-state index contributed by atoms with van der Waals surface area (Å²) in [6, 6.07) is 5.12. The third-order valence-electron chi connectivity index (χ3n) is 4.62. The highest BCUT2D eigenvalue weighted by atomic mass is 16.2. The van der Waals surface area contributed by atoms with Crippen molar-refractivity contribution in [3.63, 3.8) is 0 Å². The van der Waals surface area contributed by atoms with Crippen LogP contribution in [-0.2, 0) is 11.2 Å². The van der Waals surface area contributed by atoms with Crippen LogP contribution >= 0.6 is 0 Å². The molecule has 0 unspecified atom stereocenters. The minimum Gasteiger partial charge on any atom is -0.339 e. The van der Waals surface area contributed by atoms with E-state index < -0.39 is 0 Å². The molecular weight excluding hydrogens is 250 g/mol. The minimum atomic E-state index is 0.235. The molecule has 2 saturated heterocycles. The topological polar surface area (TPSA) is 36.4 Å². The molecule has 2 fully saturated rings. The number of carbonyl (C=O) groups excluding carboxylic acids is 1. The maximum absolute atomic E-state index is 12.2. The Bertz CT molecular complexity index is 456. The van der Waals surface area contributed by atoms with Gasteiger partial charge in [-0.05, 0) is 37.9 Å². The summed E-state index contributed by atoms with van der Waals surface area (Å²) in [6.45, 7) is 5.34. The molecule has 0 radical (unpaired) electrons. The lowest BCUT2D eigenvalue weighted by Crippen LogP contribution is -2.63. The number of rotatable bonds is 3. The molecule has 0 spiro atoms. The van der Waals surface area contributed by atoms with E-state index in [0.717, 1.165) is 18.7 Å². The van der Waals surface area contributed by atoms with Gasteiger partial charge in [-0.3, -0.25) is 14.7 Å². The number of aromatic nitrogens is 1. The van der Waals surface area contributed by atoms with Crippen molar-refractivity contribution in [2.45, 2.75) is 44.7 Å². The van der Waals surface area contributed by atoms with E-state index in [2.05, 4.69) is 16.8 Å². The van der Waals surface area contributed by atoms with Crippen molar-refractivity contribution in [1.29, 1.82) is 0 Å². The van der Waals surface area contributed by atoms with Crippen LogP contribution < -0.4 is 0 Å². The molecule has 2 aliphatic heterocycles. The third-order valence-corrected chi connectivity index (χ3v) is 4.62. The first-order valence-electron chi connectivity index (χ1n) is 7.66. The van der Waals surface area contributed by atoms with Crippen LogP contribution in [0.2, 0.25) is 0 Å². The standard InChI is InChI=1S/C16H23N3O/c1-13-5-2-3-8-19(13)15-11-18(12-15)16(20)9-14-6-4-7-17-10-14/h4,6-7,10,13,15H,2-3,5,8-9,11-12H2,1H3/t13-/m1/s1. The molecule has 1 aromatic heterocycles. The summed E-state index contributed by atoms with van der Waals surface area (Å²) >= 11 is 0. The van der Waals surface area contributed by atoms with Gasteiger partial charge in [-0.2, -0.15) is 0 Å². The Labute approximate surface area is 120 Å². The second kappa shape index (κ2) is 5.92. The van der Waals surface area contributed by atoms with Crippen LogP contribution in [0.25, 0.3) is 0 Å². The molecule has 0 aromatic carbocycles. The van der Waals surface area contributed by atoms with Crippen LogP contribution in [0.3, 0.4) is 0 Å². The van der Waals surface area contributed by atoms with Gasteiger partial charge in [0.15, 0.2) is 0 Å². The van der Waals surface area contributed by atoms with Crippen molar-refractivity contribution in [2.24, 2.45) is 0 Å². The average Bonchev–Trinajstić information content (AvgIpc) is 2.40. The fourth-order valence-electron chi connectivity index (χ4n) is 3.32. The quantitative estimate of drug-likeness (QED) is 0.841. The lowest BCUT2D eigenvalue weighted by molar-refractivity contribution is -0.139. The largest absolute Gasteiger partial charge is 0.339 e. The maximum Gasteiger partial charge on any atom is 0.227 e. The van der Waals surface area contributed by atoms with Gasteiger partial charge in [0, 0.05) is 37.6 Å². The van der Waals surface area contributed by atoms with E-state index in [1.807, 2.05) is 17.0 Å². The lowest BCUT2D eigenvalue weighted by Gasteiger charge is -2.49. The monoisotopic (exact) mass is 273 g/mol. The van der Waals surface area contributed by atoms with E-state index in [-0.39, 0.29) is 5.91 Å². The smallest absolute Gasteiger partial charge is 0.227 e. The molecule has 0 saturated carbocycles. The van der Waals surface area contributed by atoms with Gasteiger partial charge in [-0.1, -0.05) is 12.5 Å². The second-order valence-corrected chi connectivity index (χ2v) is 6.07.